The van der Waals surface area contributed by atoms with E-state index < -0.39 is 52.6 Å². The second kappa shape index (κ2) is 9.42. The fourth-order valence-corrected chi connectivity index (χ4v) is 2.77. The zero-order valence-corrected chi connectivity index (χ0v) is 17.3. The first kappa shape index (κ1) is 24.9. The predicted octanol–water partition coefficient (Wildman–Crippen LogP) is 1.71. The molecule has 0 bridgehead atoms. The van der Waals surface area contributed by atoms with Gasteiger partial charge in [-0.1, -0.05) is 11.6 Å². The SMILES string of the molecule is CC(Oc1cc(-n2c(=O)cc(C(F)(F)F)n(C)c2=O)c(F)cc1Cl)C(=O)NCCC(=O)O. The smallest absolute Gasteiger partial charge is 0.431 e. The molecule has 2 aromatic rings. The molecule has 1 aromatic heterocycles. The average Bonchev–Trinajstić information content (AvgIpc) is 2.66. The van der Waals surface area contributed by atoms with Crippen LogP contribution in [0.1, 0.15) is 19.0 Å². The first-order valence-corrected chi connectivity index (χ1v) is 9.17. The minimum Gasteiger partial charge on any atom is -0.481 e. The molecule has 0 saturated carbocycles. The van der Waals surface area contributed by atoms with Crippen LogP contribution in [0.2, 0.25) is 5.02 Å². The topological polar surface area (TPSA) is 120 Å². The molecular weight excluding hydrogens is 466 g/mol. The molecular formula is C18H16ClF4N3O6. The Hall–Kier alpha value is -3.35. The third-order valence-corrected chi connectivity index (χ3v) is 4.46. The molecule has 174 valence electrons. The van der Waals surface area contributed by atoms with Crippen LogP contribution in [-0.4, -0.2) is 38.8 Å². The molecule has 1 atom stereocenters. The van der Waals surface area contributed by atoms with Crippen LogP contribution < -0.4 is 21.3 Å². The lowest BCUT2D eigenvalue weighted by Crippen LogP contribution is -2.41. The van der Waals surface area contributed by atoms with Crippen molar-refractivity contribution in [1.29, 1.82) is 0 Å². The van der Waals surface area contributed by atoms with Gasteiger partial charge in [-0.05, 0) is 13.0 Å². The van der Waals surface area contributed by atoms with E-state index in [9.17, 15) is 36.7 Å². The highest BCUT2D eigenvalue weighted by atomic mass is 35.5. The number of aromatic nitrogens is 2. The number of halogens is 5. The standard InChI is InChI=1S/C18H16ClF4N3O6/c1-8(16(30)24-4-3-15(28)29)32-12-6-11(10(20)5-9(12)19)26-14(27)7-13(18(21,22)23)25(2)17(26)31/h5-8H,3-4H2,1-2H3,(H,24,30)(H,28,29). The van der Waals surface area contributed by atoms with Gasteiger partial charge in [-0.15, -0.1) is 0 Å². The minimum atomic E-state index is -5.00. The van der Waals surface area contributed by atoms with Crippen molar-refractivity contribution in [3.63, 3.8) is 0 Å². The van der Waals surface area contributed by atoms with E-state index in [-0.39, 0.29) is 38.9 Å². The Bertz CT molecular complexity index is 1180. The van der Waals surface area contributed by atoms with E-state index >= 15 is 0 Å². The Labute approximate surface area is 181 Å². The first-order valence-electron chi connectivity index (χ1n) is 8.80. The molecule has 1 amide bonds. The van der Waals surface area contributed by atoms with Crippen molar-refractivity contribution in [3.8, 4) is 11.4 Å². The highest BCUT2D eigenvalue weighted by molar-refractivity contribution is 6.32. The van der Waals surface area contributed by atoms with Gasteiger partial charge in [0.15, 0.2) is 6.10 Å². The molecule has 0 spiro atoms. The van der Waals surface area contributed by atoms with Gasteiger partial charge in [0.05, 0.1) is 17.1 Å². The largest absolute Gasteiger partial charge is 0.481 e. The summed E-state index contributed by atoms with van der Waals surface area (Å²) in [6.07, 6.45) is -6.60. The summed E-state index contributed by atoms with van der Waals surface area (Å²) in [7, 11) is 0.760. The van der Waals surface area contributed by atoms with Crippen molar-refractivity contribution in [2.45, 2.75) is 25.6 Å². The molecule has 0 aliphatic carbocycles. The summed E-state index contributed by atoms with van der Waals surface area (Å²) in [5.74, 6) is -3.44. The van der Waals surface area contributed by atoms with Crippen molar-refractivity contribution < 1.29 is 37.0 Å². The highest BCUT2D eigenvalue weighted by Gasteiger charge is 2.35. The van der Waals surface area contributed by atoms with E-state index in [0.29, 0.717) is 6.07 Å². The Balaban J connectivity index is 2.45. The Morgan fingerprint density at radius 3 is 2.44 bits per heavy atom. The van der Waals surface area contributed by atoms with Crippen molar-refractivity contribution in [2.24, 2.45) is 7.05 Å². The summed E-state index contributed by atoms with van der Waals surface area (Å²) in [5.41, 5.74) is -5.20. The van der Waals surface area contributed by atoms with Crippen LogP contribution >= 0.6 is 11.6 Å². The van der Waals surface area contributed by atoms with Gasteiger partial charge in [-0.2, -0.15) is 13.2 Å². The first-order chi connectivity index (χ1) is 14.7. The van der Waals surface area contributed by atoms with Crippen molar-refractivity contribution >= 4 is 23.5 Å². The summed E-state index contributed by atoms with van der Waals surface area (Å²) in [5, 5.41) is 10.5. The number of hydrogen-bond acceptors (Lipinski definition) is 5. The molecule has 0 radical (unpaired) electrons. The van der Waals surface area contributed by atoms with Crippen LogP contribution in [0.25, 0.3) is 5.69 Å². The number of aliphatic carboxylic acids is 1. The lowest BCUT2D eigenvalue weighted by molar-refractivity contribution is -0.144. The summed E-state index contributed by atoms with van der Waals surface area (Å²) in [4.78, 5) is 47.1. The number of hydrogen-bond donors (Lipinski definition) is 2. The van der Waals surface area contributed by atoms with Crippen LogP contribution in [0, 0.1) is 5.82 Å². The molecule has 0 saturated heterocycles. The fourth-order valence-electron chi connectivity index (χ4n) is 2.58. The van der Waals surface area contributed by atoms with Gasteiger partial charge < -0.3 is 15.2 Å². The van der Waals surface area contributed by atoms with E-state index in [2.05, 4.69) is 5.32 Å². The van der Waals surface area contributed by atoms with E-state index in [1.807, 2.05) is 0 Å². The van der Waals surface area contributed by atoms with Crippen LogP contribution in [0.4, 0.5) is 17.6 Å². The zero-order valence-electron chi connectivity index (χ0n) is 16.5. The summed E-state index contributed by atoms with van der Waals surface area (Å²) in [6.45, 7) is 1.07. The van der Waals surface area contributed by atoms with E-state index in [1.54, 1.807) is 0 Å². The molecule has 0 aliphatic rings. The molecule has 14 heteroatoms. The number of rotatable bonds is 7. The molecule has 1 unspecified atom stereocenters. The normalized spacial score (nSPS) is 12.3. The highest BCUT2D eigenvalue weighted by Crippen LogP contribution is 2.30. The number of alkyl halides is 3. The van der Waals surface area contributed by atoms with Crippen molar-refractivity contribution in [2.75, 3.05) is 6.54 Å². The quantitative estimate of drug-likeness (QED) is 0.581. The Kier molecular flexibility index (Phi) is 7.34. The maximum atomic E-state index is 14.5. The van der Waals surface area contributed by atoms with E-state index in [0.717, 1.165) is 13.1 Å². The second-order valence-corrected chi connectivity index (χ2v) is 6.88. The zero-order chi connectivity index (χ0) is 24.4. The number of carboxylic acid groups (broad SMARTS) is 1. The van der Waals surface area contributed by atoms with Crippen molar-refractivity contribution in [3.05, 3.63) is 55.6 Å². The number of nitrogens with one attached hydrogen (secondary N) is 1. The fraction of sp³-hybridized carbons (Fsp3) is 0.333. The lowest BCUT2D eigenvalue weighted by Gasteiger charge is -2.18. The molecule has 0 aliphatic heterocycles. The predicted molar refractivity (Wildman–Crippen MR) is 103 cm³/mol. The lowest BCUT2D eigenvalue weighted by atomic mass is 10.2. The number of ether oxygens (including phenoxy) is 1. The number of carbonyl (C=O) groups is 2. The summed E-state index contributed by atoms with van der Waals surface area (Å²) >= 11 is 5.89. The van der Waals surface area contributed by atoms with Crippen molar-refractivity contribution in [1.82, 2.24) is 14.5 Å². The number of carbonyl (C=O) groups excluding carboxylic acids is 1. The molecule has 2 N–H and O–H groups in total. The second-order valence-electron chi connectivity index (χ2n) is 6.47. The third-order valence-electron chi connectivity index (χ3n) is 4.16. The van der Waals surface area contributed by atoms with Gasteiger partial charge in [0.2, 0.25) is 0 Å². The molecule has 1 heterocycles. The van der Waals surface area contributed by atoms with Crippen LogP contribution in [0.3, 0.4) is 0 Å². The minimum absolute atomic E-state index is 0.133. The van der Waals surface area contributed by atoms with Gasteiger partial charge in [0.1, 0.15) is 17.3 Å². The van der Waals surface area contributed by atoms with Gasteiger partial charge in [0, 0.05) is 25.7 Å². The third kappa shape index (κ3) is 5.46. The maximum Gasteiger partial charge on any atom is 0.431 e. The number of carboxylic acids is 1. The molecule has 32 heavy (non-hydrogen) atoms. The van der Waals surface area contributed by atoms with Crippen LogP contribution in [-0.2, 0) is 22.8 Å². The van der Waals surface area contributed by atoms with E-state index in [4.69, 9.17) is 21.4 Å². The average molecular weight is 482 g/mol. The summed E-state index contributed by atoms with van der Waals surface area (Å²) < 4.78 is 59.1. The maximum absolute atomic E-state index is 14.5. The monoisotopic (exact) mass is 481 g/mol. The molecule has 0 fully saturated rings. The van der Waals surface area contributed by atoms with Crippen LogP contribution in [0.5, 0.6) is 5.75 Å². The Morgan fingerprint density at radius 1 is 1.25 bits per heavy atom. The molecule has 9 nitrogen and oxygen atoms in total. The molecule has 2 rings (SSSR count). The van der Waals surface area contributed by atoms with Gasteiger partial charge in [-0.3, -0.25) is 19.0 Å². The van der Waals surface area contributed by atoms with Gasteiger partial charge in [0.25, 0.3) is 11.5 Å². The summed E-state index contributed by atoms with van der Waals surface area (Å²) in [6, 6.07) is 1.58. The van der Waals surface area contributed by atoms with Crippen LogP contribution in [0.15, 0.2) is 27.8 Å². The molecule has 1 aromatic carbocycles. The number of benzene rings is 1. The number of nitrogens with zero attached hydrogens (tertiary/aromatic N) is 2. The van der Waals surface area contributed by atoms with Gasteiger partial charge in [-0.25, -0.2) is 13.8 Å². The van der Waals surface area contributed by atoms with Gasteiger partial charge >= 0.3 is 17.8 Å². The number of amides is 1. The van der Waals surface area contributed by atoms with E-state index in [1.165, 1.54) is 6.92 Å². The Morgan fingerprint density at radius 2 is 1.88 bits per heavy atom.